The average Bonchev–Trinajstić information content (AvgIpc) is 2.04. The normalized spacial score (nSPS) is 29.4. The van der Waals surface area contributed by atoms with E-state index < -0.39 is 8.32 Å². The monoisotopic (exact) mass is 243 g/mol. The van der Waals surface area contributed by atoms with Crippen molar-refractivity contribution < 1.29 is 9.22 Å². The highest BCUT2D eigenvalue weighted by molar-refractivity contribution is 8.01. The van der Waals surface area contributed by atoms with E-state index >= 15 is 0 Å². The van der Waals surface area contributed by atoms with Crippen molar-refractivity contribution in [2.75, 3.05) is 6.54 Å². The first-order valence-corrected chi connectivity index (χ1v) is 9.63. The predicted octanol–water partition coefficient (Wildman–Crippen LogP) is 2.03. The van der Waals surface area contributed by atoms with Gasteiger partial charge in [-0.05, 0) is 38.3 Å². The van der Waals surface area contributed by atoms with Gasteiger partial charge in [-0.25, -0.2) is 0 Å². The van der Waals surface area contributed by atoms with E-state index in [4.69, 9.17) is 4.43 Å². The van der Waals surface area contributed by atoms with Crippen LogP contribution >= 0.6 is 11.8 Å². The highest BCUT2D eigenvalue weighted by Gasteiger charge is 2.35. The second-order valence-electron chi connectivity index (χ2n) is 4.91. The van der Waals surface area contributed by atoms with Crippen LogP contribution in [0.4, 0.5) is 0 Å². The van der Waals surface area contributed by atoms with Crippen molar-refractivity contribution in [1.29, 1.82) is 0 Å². The molecular weight excluding hydrogens is 226 g/mol. The molecule has 0 aromatic heterocycles. The maximum absolute atomic E-state index is 11.8. The summed E-state index contributed by atoms with van der Waals surface area (Å²) in [7, 11) is -1.74. The second-order valence-corrected chi connectivity index (χ2v) is 10.7. The van der Waals surface area contributed by atoms with Crippen molar-refractivity contribution >= 4 is 26.0 Å². The van der Waals surface area contributed by atoms with Crippen molar-refractivity contribution in [3.05, 3.63) is 12.3 Å². The van der Waals surface area contributed by atoms with Crippen LogP contribution in [0.25, 0.3) is 0 Å². The molecule has 0 saturated carbocycles. The van der Waals surface area contributed by atoms with Crippen LogP contribution in [0.2, 0.25) is 19.6 Å². The first-order valence-electron chi connectivity index (χ1n) is 5.28. The summed E-state index contributed by atoms with van der Waals surface area (Å²) in [6.45, 7) is 7.25. The highest BCUT2D eigenvalue weighted by atomic mass is 32.2. The Morgan fingerprint density at radius 2 is 2.27 bits per heavy atom. The van der Waals surface area contributed by atoms with Crippen LogP contribution in [0.5, 0.6) is 0 Å². The van der Waals surface area contributed by atoms with E-state index in [2.05, 4.69) is 4.90 Å². The van der Waals surface area contributed by atoms with Crippen molar-refractivity contribution in [1.82, 2.24) is 4.90 Å². The molecule has 2 aliphatic heterocycles. The Hall–Kier alpha value is -0.423. The molecule has 1 fully saturated rings. The van der Waals surface area contributed by atoms with Crippen LogP contribution in [0.1, 0.15) is 6.42 Å². The largest absolute Gasteiger partial charge is 0.519 e. The molecule has 5 heteroatoms. The first kappa shape index (κ1) is 11.1. The molecule has 0 aromatic rings. The summed E-state index contributed by atoms with van der Waals surface area (Å²) in [5.74, 6) is -0.0537. The summed E-state index contributed by atoms with van der Waals surface area (Å²) in [6.07, 6.45) is 5.19. The number of rotatable bonds is 2. The minimum atomic E-state index is -1.74. The number of hydrogen-bond donors (Lipinski definition) is 0. The zero-order valence-corrected chi connectivity index (χ0v) is 11.2. The average molecular weight is 243 g/mol. The smallest absolute Gasteiger partial charge is 0.309 e. The standard InChI is InChI=1S/C10H17NO2SSi/c1-15(2,3)13-10(12)8-4-6-11-7-5-9(11)14-8/h4,6,8-9H,5,7H2,1-3H3. The minimum absolute atomic E-state index is 0.0537. The molecule has 2 atom stereocenters. The minimum Gasteiger partial charge on any atom is -0.519 e. The Morgan fingerprint density at radius 3 is 2.73 bits per heavy atom. The van der Waals surface area contributed by atoms with Gasteiger partial charge in [-0.2, -0.15) is 0 Å². The molecule has 0 spiro atoms. The zero-order valence-electron chi connectivity index (χ0n) is 9.40. The maximum Gasteiger partial charge on any atom is 0.309 e. The Bertz CT molecular complexity index is 300. The van der Waals surface area contributed by atoms with E-state index in [0.29, 0.717) is 5.37 Å². The van der Waals surface area contributed by atoms with Crippen molar-refractivity contribution in [3.63, 3.8) is 0 Å². The topological polar surface area (TPSA) is 29.5 Å². The fourth-order valence-electron chi connectivity index (χ4n) is 1.60. The van der Waals surface area contributed by atoms with Crippen molar-refractivity contribution in [3.8, 4) is 0 Å². The van der Waals surface area contributed by atoms with Crippen molar-refractivity contribution in [2.24, 2.45) is 0 Å². The van der Waals surface area contributed by atoms with E-state index in [1.165, 1.54) is 6.42 Å². The number of carbonyl (C=O) groups excluding carboxylic acids is 1. The van der Waals surface area contributed by atoms with Gasteiger partial charge in [0.1, 0.15) is 5.25 Å². The highest BCUT2D eigenvalue weighted by Crippen LogP contribution is 2.36. The molecule has 0 aromatic carbocycles. The number of nitrogens with zero attached hydrogens (tertiary/aromatic N) is 1. The molecule has 1 saturated heterocycles. The first-order chi connectivity index (χ1) is 6.96. The van der Waals surface area contributed by atoms with Crippen LogP contribution in [0.15, 0.2) is 12.3 Å². The Kier molecular flexibility index (Phi) is 2.85. The lowest BCUT2D eigenvalue weighted by Gasteiger charge is -2.43. The summed E-state index contributed by atoms with van der Waals surface area (Å²) in [5.41, 5.74) is 0. The second kappa shape index (κ2) is 3.86. The molecule has 2 rings (SSSR count). The molecule has 2 heterocycles. The van der Waals surface area contributed by atoms with E-state index in [0.717, 1.165) is 6.54 Å². The summed E-state index contributed by atoms with van der Waals surface area (Å²) < 4.78 is 5.49. The van der Waals surface area contributed by atoms with Gasteiger partial charge in [0.25, 0.3) is 0 Å². The summed E-state index contributed by atoms with van der Waals surface area (Å²) >= 11 is 1.72. The third kappa shape index (κ3) is 2.58. The molecule has 0 amide bonds. The fourth-order valence-corrected chi connectivity index (χ4v) is 3.65. The van der Waals surface area contributed by atoms with E-state index in [9.17, 15) is 4.79 Å². The van der Waals surface area contributed by atoms with Gasteiger partial charge in [-0.1, -0.05) is 0 Å². The van der Waals surface area contributed by atoms with Gasteiger partial charge < -0.3 is 9.33 Å². The number of carbonyl (C=O) groups is 1. The summed E-state index contributed by atoms with van der Waals surface area (Å²) in [6, 6.07) is 0. The van der Waals surface area contributed by atoms with Crippen LogP contribution in [0.3, 0.4) is 0 Å². The molecule has 2 unspecified atom stereocenters. The molecule has 0 radical (unpaired) electrons. The molecular formula is C10H17NO2SSi. The van der Waals surface area contributed by atoms with Crippen LogP contribution in [-0.2, 0) is 9.22 Å². The molecule has 15 heavy (non-hydrogen) atoms. The Morgan fingerprint density at radius 1 is 1.53 bits per heavy atom. The predicted molar refractivity (Wildman–Crippen MR) is 65.1 cm³/mol. The van der Waals surface area contributed by atoms with Gasteiger partial charge in [0.15, 0.2) is 0 Å². The molecule has 2 aliphatic rings. The third-order valence-corrected chi connectivity index (χ3v) is 4.68. The van der Waals surface area contributed by atoms with Gasteiger partial charge >= 0.3 is 5.97 Å². The summed E-state index contributed by atoms with van der Waals surface area (Å²) in [5, 5.41) is 0.424. The number of thioether (sulfide) groups is 1. The zero-order chi connectivity index (χ0) is 11.1. The molecule has 0 aliphatic carbocycles. The Labute approximate surface area is 96.0 Å². The fraction of sp³-hybridized carbons (Fsp3) is 0.700. The number of fused-ring (bicyclic) bond motifs is 1. The lowest BCUT2D eigenvalue weighted by molar-refractivity contribution is -0.133. The molecule has 84 valence electrons. The van der Waals surface area contributed by atoms with E-state index in [1.807, 2.05) is 31.9 Å². The van der Waals surface area contributed by atoms with E-state index in [-0.39, 0.29) is 11.2 Å². The van der Waals surface area contributed by atoms with Crippen LogP contribution < -0.4 is 0 Å². The third-order valence-electron chi connectivity index (χ3n) is 2.40. The van der Waals surface area contributed by atoms with E-state index in [1.54, 1.807) is 11.8 Å². The van der Waals surface area contributed by atoms with Crippen molar-refractivity contribution in [2.45, 2.75) is 36.7 Å². The Balaban J connectivity index is 1.94. The SMILES string of the molecule is C[Si](C)(C)OC(=O)C1C=CN2CCC2S1. The number of hydrogen-bond acceptors (Lipinski definition) is 4. The molecule has 0 N–H and O–H groups in total. The van der Waals surface area contributed by atoms with Crippen LogP contribution in [0, 0.1) is 0 Å². The van der Waals surface area contributed by atoms with Crippen LogP contribution in [-0.4, -0.2) is 36.4 Å². The summed E-state index contributed by atoms with van der Waals surface area (Å²) in [4.78, 5) is 14.1. The van der Waals surface area contributed by atoms with Gasteiger partial charge in [0, 0.05) is 6.54 Å². The van der Waals surface area contributed by atoms with Gasteiger partial charge in [-0.15, -0.1) is 11.8 Å². The van der Waals surface area contributed by atoms with Gasteiger partial charge in [-0.3, -0.25) is 4.79 Å². The maximum atomic E-state index is 11.8. The quantitative estimate of drug-likeness (QED) is 0.694. The molecule has 0 bridgehead atoms. The van der Waals surface area contributed by atoms with Gasteiger partial charge in [0.2, 0.25) is 8.32 Å². The lowest BCUT2D eigenvalue weighted by atomic mass is 10.2. The lowest BCUT2D eigenvalue weighted by Crippen LogP contribution is -2.46. The molecule has 3 nitrogen and oxygen atoms in total. The van der Waals surface area contributed by atoms with Gasteiger partial charge in [0.05, 0.1) is 5.37 Å².